The molecule has 8 heteroatoms. The number of halogens is 8. The summed E-state index contributed by atoms with van der Waals surface area (Å²) in [4.78, 5) is 0. The molecule has 0 spiro atoms. The predicted octanol–water partition coefficient (Wildman–Crippen LogP) is 5.39. The molecule has 1 aromatic carbocycles. The van der Waals surface area contributed by atoms with E-state index in [-0.39, 0.29) is 5.56 Å². The highest BCUT2D eigenvalue weighted by Crippen LogP contribution is 2.51. The second-order valence-corrected chi connectivity index (χ2v) is 5.36. The highest BCUT2D eigenvalue weighted by Gasteiger charge is 2.72. The molecule has 0 aliphatic heterocycles. The van der Waals surface area contributed by atoms with E-state index in [9.17, 15) is 30.7 Å². The van der Waals surface area contributed by atoms with Crippen molar-refractivity contribution in [3.8, 4) is 0 Å². The Kier molecular flexibility index (Phi) is 4.74. The highest BCUT2D eigenvalue weighted by atomic mass is 127. The smallest absolute Gasteiger partial charge is 0.199 e. The number of alkyl halides is 8. The zero-order chi connectivity index (χ0) is 14.9. The van der Waals surface area contributed by atoms with Crippen LogP contribution in [0.2, 0.25) is 0 Å². The van der Waals surface area contributed by atoms with Crippen molar-refractivity contribution >= 4 is 22.6 Å². The van der Waals surface area contributed by atoms with E-state index < -0.39 is 28.4 Å². The van der Waals surface area contributed by atoms with Crippen LogP contribution in [0.3, 0.4) is 0 Å². The Morgan fingerprint density at radius 1 is 0.895 bits per heavy atom. The normalized spacial score (nSPS) is 15.4. The summed E-state index contributed by atoms with van der Waals surface area (Å²) in [6.07, 6.45) is -7.87. The molecule has 1 atom stereocenters. The Morgan fingerprint density at radius 3 is 1.79 bits per heavy atom. The summed E-state index contributed by atoms with van der Waals surface area (Å²) in [5.41, 5.74) is 0.265. The van der Waals surface area contributed by atoms with E-state index in [4.69, 9.17) is 0 Å². The van der Waals surface area contributed by atoms with Gasteiger partial charge in [0.25, 0.3) is 0 Å². The monoisotopic (exact) mass is 400 g/mol. The van der Waals surface area contributed by atoms with Gasteiger partial charge < -0.3 is 0 Å². The van der Waals surface area contributed by atoms with E-state index in [1.165, 1.54) is 46.9 Å². The third-order valence-corrected chi connectivity index (χ3v) is 3.57. The number of benzene rings is 1. The molecule has 0 bridgehead atoms. The van der Waals surface area contributed by atoms with E-state index in [2.05, 4.69) is 0 Å². The summed E-state index contributed by atoms with van der Waals surface area (Å²) in [6, 6.07) is 7.33. The van der Waals surface area contributed by atoms with Crippen molar-refractivity contribution in [2.24, 2.45) is 0 Å². The third-order valence-electron chi connectivity index (χ3n) is 2.41. The van der Waals surface area contributed by atoms with Crippen LogP contribution in [0.15, 0.2) is 30.3 Å². The van der Waals surface area contributed by atoms with Crippen LogP contribution in [0.4, 0.5) is 30.7 Å². The largest absolute Gasteiger partial charge is 0.459 e. The van der Waals surface area contributed by atoms with E-state index in [1.54, 1.807) is 6.07 Å². The molecule has 0 amide bonds. The lowest BCUT2D eigenvalue weighted by molar-refractivity contribution is -0.355. The van der Waals surface area contributed by atoms with E-state index in [1.807, 2.05) is 0 Å². The number of hydrogen-bond donors (Lipinski definition) is 0. The maximum Gasteiger partial charge on any atom is 0.459 e. The van der Waals surface area contributed by atoms with Gasteiger partial charge in [0.2, 0.25) is 0 Å². The summed E-state index contributed by atoms with van der Waals surface area (Å²) in [5.74, 6) is -11.2. The molecule has 19 heavy (non-hydrogen) atoms. The summed E-state index contributed by atoms with van der Waals surface area (Å²) in [5, 5.41) is 0. The predicted molar refractivity (Wildman–Crippen MR) is 63.8 cm³/mol. The van der Waals surface area contributed by atoms with Crippen LogP contribution in [-0.4, -0.2) is 18.0 Å². The first-order valence-corrected chi connectivity index (χ1v) is 6.25. The first-order chi connectivity index (χ1) is 8.49. The average Bonchev–Trinajstić information content (AvgIpc) is 2.28. The molecule has 1 rings (SSSR count). The Hall–Kier alpha value is -0.540. The average molecular weight is 400 g/mol. The molecule has 0 saturated carbocycles. The van der Waals surface area contributed by atoms with Gasteiger partial charge in [0, 0.05) is 10.3 Å². The van der Waals surface area contributed by atoms with Gasteiger partial charge >= 0.3 is 18.0 Å². The molecule has 108 valence electrons. The molecule has 0 N–H and O–H groups in total. The van der Waals surface area contributed by atoms with Gasteiger partial charge in [-0.1, -0.05) is 52.9 Å². The minimum Gasteiger partial charge on any atom is -0.199 e. The van der Waals surface area contributed by atoms with Crippen LogP contribution in [0.1, 0.15) is 15.9 Å². The SMILES string of the molecule is FC(F)(F)C(F)(F)C(F)(F)CC(I)c1ccccc1. The number of hydrogen-bond acceptors (Lipinski definition) is 0. The van der Waals surface area contributed by atoms with Crippen molar-refractivity contribution in [3.63, 3.8) is 0 Å². The van der Waals surface area contributed by atoms with Crippen molar-refractivity contribution in [2.75, 3.05) is 0 Å². The zero-order valence-electron chi connectivity index (χ0n) is 9.19. The Labute approximate surface area is 118 Å². The quantitative estimate of drug-likeness (QED) is 0.362. The van der Waals surface area contributed by atoms with Gasteiger partial charge in [-0.3, -0.25) is 0 Å². The van der Waals surface area contributed by atoms with Gasteiger partial charge in [-0.05, 0) is 5.56 Å². The summed E-state index contributed by atoms with van der Waals surface area (Å²) in [6.45, 7) is 0. The molecular weight excluding hydrogens is 392 g/mol. The maximum atomic E-state index is 13.2. The van der Waals surface area contributed by atoms with Gasteiger partial charge in [0.1, 0.15) is 0 Å². The van der Waals surface area contributed by atoms with E-state index >= 15 is 0 Å². The first-order valence-electron chi connectivity index (χ1n) is 5.00. The maximum absolute atomic E-state index is 13.2. The lowest BCUT2D eigenvalue weighted by Crippen LogP contribution is -2.52. The molecule has 0 fully saturated rings. The second-order valence-electron chi connectivity index (χ2n) is 3.86. The van der Waals surface area contributed by atoms with E-state index in [0.29, 0.717) is 0 Å². The molecule has 0 saturated heterocycles. The summed E-state index contributed by atoms with van der Waals surface area (Å²) >= 11 is 1.42. The first kappa shape index (κ1) is 16.5. The fourth-order valence-corrected chi connectivity index (χ4v) is 2.31. The topological polar surface area (TPSA) is 0 Å². The third kappa shape index (κ3) is 3.51. The molecule has 0 aromatic heterocycles. The molecule has 0 nitrogen and oxygen atoms in total. The molecule has 0 aliphatic rings. The van der Waals surface area contributed by atoms with Gasteiger partial charge in [-0.2, -0.15) is 30.7 Å². The molecule has 1 unspecified atom stereocenters. The van der Waals surface area contributed by atoms with Crippen LogP contribution < -0.4 is 0 Å². The van der Waals surface area contributed by atoms with Crippen molar-refractivity contribution < 1.29 is 30.7 Å². The second kappa shape index (κ2) is 5.45. The van der Waals surface area contributed by atoms with Gasteiger partial charge in [-0.15, -0.1) is 0 Å². The van der Waals surface area contributed by atoms with Gasteiger partial charge in [0.05, 0.1) is 0 Å². The van der Waals surface area contributed by atoms with E-state index in [0.717, 1.165) is 0 Å². The lowest BCUT2D eigenvalue weighted by atomic mass is 10.0. The molecule has 0 aliphatic carbocycles. The van der Waals surface area contributed by atoms with Gasteiger partial charge in [-0.25, -0.2) is 0 Å². The van der Waals surface area contributed by atoms with Gasteiger partial charge in [0.15, 0.2) is 0 Å². The van der Waals surface area contributed by atoms with Crippen molar-refractivity contribution in [2.45, 2.75) is 28.4 Å². The van der Waals surface area contributed by atoms with Crippen molar-refractivity contribution in [1.29, 1.82) is 0 Å². The lowest BCUT2D eigenvalue weighted by Gasteiger charge is -2.29. The Morgan fingerprint density at radius 2 is 1.37 bits per heavy atom. The fourth-order valence-electron chi connectivity index (χ4n) is 1.34. The summed E-state index contributed by atoms with van der Waals surface area (Å²) in [7, 11) is 0. The van der Waals surface area contributed by atoms with Crippen LogP contribution in [0.5, 0.6) is 0 Å². The van der Waals surface area contributed by atoms with Crippen molar-refractivity contribution in [1.82, 2.24) is 0 Å². The fraction of sp³-hybridized carbons (Fsp3) is 0.455. The molecular formula is C11H8F7I. The van der Waals surface area contributed by atoms with Crippen LogP contribution >= 0.6 is 22.6 Å². The van der Waals surface area contributed by atoms with Crippen LogP contribution in [0, 0.1) is 0 Å². The summed E-state index contributed by atoms with van der Waals surface area (Å²) < 4.78 is 86.4. The minimum atomic E-state index is -6.27. The molecule has 0 heterocycles. The molecule has 0 radical (unpaired) electrons. The highest BCUT2D eigenvalue weighted by molar-refractivity contribution is 14.1. The Bertz CT molecular complexity index is 413. The van der Waals surface area contributed by atoms with Crippen LogP contribution in [-0.2, 0) is 0 Å². The van der Waals surface area contributed by atoms with Crippen molar-refractivity contribution in [3.05, 3.63) is 35.9 Å². The Balaban J connectivity index is 2.91. The standard InChI is InChI=1S/C11H8F7I/c12-9(13,10(14,15)11(16,17)18)6-8(19)7-4-2-1-3-5-7/h1-5,8H,6H2. The minimum absolute atomic E-state index is 0.265. The number of rotatable bonds is 4. The van der Waals surface area contributed by atoms with Crippen LogP contribution in [0.25, 0.3) is 0 Å². The molecule has 1 aromatic rings. The zero-order valence-corrected chi connectivity index (χ0v) is 11.4.